The van der Waals surface area contributed by atoms with Gasteiger partial charge in [-0.3, -0.25) is 0 Å². The van der Waals surface area contributed by atoms with Crippen molar-refractivity contribution in [2.24, 2.45) is 0 Å². The Morgan fingerprint density at radius 3 is 2.70 bits per heavy atom. The molecule has 1 aromatic carbocycles. The third-order valence-electron chi connectivity index (χ3n) is 3.70. The molecule has 0 bridgehead atoms. The van der Waals surface area contributed by atoms with Crippen LogP contribution in [-0.4, -0.2) is 28.2 Å². The van der Waals surface area contributed by atoms with Gasteiger partial charge < -0.3 is 14.8 Å². The maximum absolute atomic E-state index is 6.00. The molecule has 2 aromatic rings. The highest BCUT2D eigenvalue weighted by Gasteiger charge is 2.29. The number of hydrogen-bond donors (Lipinski definition) is 1. The first-order valence-corrected chi connectivity index (χ1v) is 7.38. The number of fused-ring (bicyclic) bond motifs is 1. The van der Waals surface area contributed by atoms with E-state index >= 15 is 0 Å². The summed E-state index contributed by atoms with van der Waals surface area (Å²) in [6.07, 6.45) is 2.12. The summed E-state index contributed by atoms with van der Waals surface area (Å²) in [7, 11) is 1.87. The Bertz CT molecular complexity index is 620. The Morgan fingerprint density at radius 2 is 2.00 bits per heavy atom. The van der Waals surface area contributed by atoms with Gasteiger partial charge in [0.1, 0.15) is 0 Å². The van der Waals surface area contributed by atoms with Crippen LogP contribution >= 0.6 is 23.8 Å². The molecule has 0 radical (unpaired) electrons. The van der Waals surface area contributed by atoms with Crippen molar-refractivity contribution in [1.82, 2.24) is 14.8 Å². The molecule has 5 heteroatoms. The van der Waals surface area contributed by atoms with E-state index < -0.39 is 0 Å². The topological polar surface area (TPSA) is 20.2 Å². The van der Waals surface area contributed by atoms with E-state index in [2.05, 4.69) is 45.2 Å². The van der Waals surface area contributed by atoms with Gasteiger partial charge in [-0.1, -0.05) is 23.7 Å². The summed E-state index contributed by atoms with van der Waals surface area (Å²) in [5, 5.41) is 4.62. The summed E-state index contributed by atoms with van der Waals surface area (Å²) in [6, 6.07) is 12.4. The molecule has 0 spiro atoms. The number of benzene rings is 1. The van der Waals surface area contributed by atoms with Crippen molar-refractivity contribution in [1.29, 1.82) is 0 Å². The molecular weight excluding hydrogens is 290 g/mol. The molecule has 1 N–H and O–H groups in total. The molecule has 1 atom stereocenters. The third kappa shape index (κ3) is 2.30. The number of hydrogen-bond acceptors (Lipinski definition) is 1. The number of halogens is 1. The Balaban J connectivity index is 2.06. The average Bonchev–Trinajstić information content (AvgIpc) is 2.95. The summed E-state index contributed by atoms with van der Waals surface area (Å²) in [4.78, 5) is 2.23. The van der Waals surface area contributed by atoms with Gasteiger partial charge in [0.15, 0.2) is 5.11 Å². The Hall–Kier alpha value is -1.52. The predicted molar refractivity (Wildman–Crippen MR) is 86.1 cm³/mol. The second-order valence-corrected chi connectivity index (χ2v) is 5.65. The minimum atomic E-state index is 0.135. The number of nitrogens with one attached hydrogen (secondary N) is 1. The van der Waals surface area contributed by atoms with Gasteiger partial charge >= 0.3 is 0 Å². The van der Waals surface area contributed by atoms with E-state index in [-0.39, 0.29) is 6.04 Å². The molecule has 3 rings (SSSR count). The average molecular weight is 306 g/mol. The van der Waals surface area contributed by atoms with Crippen molar-refractivity contribution in [2.75, 3.05) is 13.6 Å². The van der Waals surface area contributed by atoms with Crippen LogP contribution in [0.25, 0.3) is 0 Å². The summed E-state index contributed by atoms with van der Waals surface area (Å²) >= 11 is 11.5. The van der Waals surface area contributed by atoms with Crippen LogP contribution in [0, 0.1) is 0 Å². The van der Waals surface area contributed by atoms with Crippen molar-refractivity contribution >= 4 is 28.9 Å². The molecule has 0 saturated carbocycles. The predicted octanol–water partition coefficient (Wildman–Crippen LogP) is 3.05. The van der Waals surface area contributed by atoms with Gasteiger partial charge in [0, 0.05) is 37.1 Å². The number of aromatic nitrogens is 1. The first kappa shape index (κ1) is 13.5. The highest BCUT2D eigenvalue weighted by atomic mass is 35.5. The molecule has 20 heavy (non-hydrogen) atoms. The van der Waals surface area contributed by atoms with Gasteiger partial charge in [0.25, 0.3) is 0 Å². The van der Waals surface area contributed by atoms with Crippen LogP contribution in [-0.2, 0) is 6.54 Å². The van der Waals surface area contributed by atoms with Gasteiger partial charge in [-0.05, 0) is 42.0 Å². The van der Waals surface area contributed by atoms with Gasteiger partial charge in [0.05, 0.1) is 6.04 Å². The van der Waals surface area contributed by atoms with E-state index in [9.17, 15) is 0 Å². The smallest absolute Gasteiger partial charge is 0.169 e. The van der Waals surface area contributed by atoms with Crippen LogP contribution in [0.4, 0.5) is 0 Å². The molecule has 1 aromatic heterocycles. The van der Waals surface area contributed by atoms with Crippen molar-refractivity contribution in [3.8, 4) is 0 Å². The van der Waals surface area contributed by atoms with Crippen LogP contribution in [0.15, 0.2) is 42.6 Å². The molecule has 1 aliphatic rings. The lowest BCUT2D eigenvalue weighted by Gasteiger charge is -2.38. The summed E-state index contributed by atoms with van der Waals surface area (Å²) in [5.74, 6) is 0. The highest BCUT2D eigenvalue weighted by molar-refractivity contribution is 7.80. The van der Waals surface area contributed by atoms with Crippen LogP contribution in [0.1, 0.15) is 17.3 Å². The second kappa shape index (κ2) is 5.46. The fourth-order valence-electron chi connectivity index (χ4n) is 2.74. The van der Waals surface area contributed by atoms with Crippen molar-refractivity contribution in [3.63, 3.8) is 0 Å². The first-order valence-electron chi connectivity index (χ1n) is 6.59. The normalized spacial score (nSPS) is 17.7. The molecule has 104 valence electrons. The molecule has 0 aliphatic carbocycles. The zero-order chi connectivity index (χ0) is 14.1. The molecule has 0 saturated heterocycles. The SMILES string of the molecule is CNC(=S)N1CCn2cccc2[C@H]1c1ccc(Cl)cc1. The van der Waals surface area contributed by atoms with E-state index in [4.69, 9.17) is 23.8 Å². The fraction of sp³-hybridized carbons (Fsp3) is 0.267. The van der Waals surface area contributed by atoms with Crippen LogP contribution < -0.4 is 5.32 Å². The lowest BCUT2D eigenvalue weighted by Crippen LogP contribution is -2.46. The molecule has 0 amide bonds. The lowest BCUT2D eigenvalue weighted by molar-refractivity contribution is 0.287. The van der Waals surface area contributed by atoms with Crippen molar-refractivity contribution in [3.05, 3.63) is 58.9 Å². The third-order valence-corrected chi connectivity index (χ3v) is 4.39. The zero-order valence-electron chi connectivity index (χ0n) is 11.2. The van der Waals surface area contributed by atoms with Gasteiger partial charge in [-0.2, -0.15) is 0 Å². The fourth-order valence-corrected chi connectivity index (χ4v) is 3.06. The van der Waals surface area contributed by atoms with E-state index in [0.717, 1.165) is 23.2 Å². The van der Waals surface area contributed by atoms with Gasteiger partial charge in [-0.25, -0.2) is 0 Å². The summed E-state index contributed by atoms with van der Waals surface area (Å²) in [5.41, 5.74) is 2.46. The molecule has 2 heterocycles. The first-order chi connectivity index (χ1) is 9.70. The molecular formula is C15H16ClN3S. The highest BCUT2D eigenvalue weighted by Crippen LogP contribution is 2.32. The van der Waals surface area contributed by atoms with Crippen molar-refractivity contribution in [2.45, 2.75) is 12.6 Å². The lowest BCUT2D eigenvalue weighted by atomic mass is 10.0. The largest absolute Gasteiger partial charge is 0.366 e. The maximum atomic E-state index is 6.00. The van der Waals surface area contributed by atoms with Gasteiger partial charge in [-0.15, -0.1) is 0 Å². The number of nitrogens with zero attached hydrogens (tertiary/aromatic N) is 2. The molecule has 0 unspecified atom stereocenters. The van der Waals surface area contributed by atoms with Crippen molar-refractivity contribution < 1.29 is 0 Å². The quantitative estimate of drug-likeness (QED) is 0.818. The maximum Gasteiger partial charge on any atom is 0.169 e. The molecule has 3 nitrogen and oxygen atoms in total. The minimum Gasteiger partial charge on any atom is -0.366 e. The molecule has 1 aliphatic heterocycles. The Labute approximate surface area is 129 Å². The van der Waals surface area contributed by atoms with E-state index in [0.29, 0.717) is 0 Å². The van der Waals surface area contributed by atoms with E-state index in [1.807, 2.05) is 19.2 Å². The zero-order valence-corrected chi connectivity index (χ0v) is 12.8. The summed E-state index contributed by atoms with van der Waals surface area (Å²) in [6.45, 7) is 1.85. The van der Waals surface area contributed by atoms with E-state index in [1.165, 1.54) is 11.3 Å². The van der Waals surface area contributed by atoms with E-state index in [1.54, 1.807) is 0 Å². The monoisotopic (exact) mass is 305 g/mol. The van der Waals surface area contributed by atoms with Crippen LogP contribution in [0.5, 0.6) is 0 Å². The second-order valence-electron chi connectivity index (χ2n) is 4.83. The van der Waals surface area contributed by atoms with Crippen LogP contribution in [0.3, 0.4) is 0 Å². The molecule has 0 fully saturated rings. The Morgan fingerprint density at radius 1 is 1.25 bits per heavy atom. The standard InChI is InChI=1S/C15H16ClN3S/c1-17-15(20)19-10-9-18-8-2-3-13(18)14(19)11-4-6-12(16)7-5-11/h2-8,14H,9-10H2,1H3,(H,17,20)/t14-/m1/s1. The van der Waals surface area contributed by atoms with Crippen LogP contribution in [0.2, 0.25) is 5.02 Å². The van der Waals surface area contributed by atoms with Gasteiger partial charge in [0.2, 0.25) is 0 Å². The Kier molecular flexibility index (Phi) is 3.68. The minimum absolute atomic E-state index is 0.135. The number of thiocarbonyl (C=S) groups is 1. The summed E-state index contributed by atoms with van der Waals surface area (Å²) < 4.78 is 2.29. The number of rotatable bonds is 1.